The largest absolute Gasteiger partial charge is 0.497 e. The molecule has 1 aliphatic carbocycles. The Bertz CT molecular complexity index is 1230. The van der Waals surface area contributed by atoms with Gasteiger partial charge in [0.15, 0.2) is 0 Å². The van der Waals surface area contributed by atoms with E-state index < -0.39 is 0 Å². The number of ether oxygens (including phenoxy) is 2. The summed E-state index contributed by atoms with van der Waals surface area (Å²) < 4.78 is 13.0. The highest BCUT2D eigenvalue weighted by molar-refractivity contribution is 5.99. The van der Waals surface area contributed by atoms with E-state index in [0.29, 0.717) is 0 Å². The van der Waals surface area contributed by atoms with Crippen LogP contribution in [0.4, 0.5) is 0 Å². The summed E-state index contributed by atoms with van der Waals surface area (Å²) in [5, 5.41) is 0. The number of nitrogens with zero attached hydrogens (tertiary/aromatic N) is 3. The first-order valence-electron chi connectivity index (χ1n) is 11.4. The molecule has 1 fully saturated rings. The molecule has 6 nitrogen and oxygen atoms in total. The van der Waals surface area contributed by atoms with E-state index in [-0.39, 0.29) is 11.9 Å². The van der Waals surface area contributed by atoms with Crippen LogP contribution in [0, 0.1) is 6.92 Å². The highest BCUT2D eigenvalue weighted by Crippen LogP contribution is 2.40. The van der Waals surface area contributed by atoms with Crippen LogP contribution in [0.1, 0.15) is 47.7 Å². The summed E-state index contributed by atoms with van der Waals surface area (Å²) in [4.78, 5) is 19.9. The first-order valence-corrected chi connectivity index (χ1v) is 11.4. The van der Waals surface area contributed by atoms with E-state index in [9.17, 15) is 4.79 Å². The fourth-order valence-corrected chi connectivity index (χ4v) is 5.04. The maximum atomic E-state index is 13.5. The maximum absolute atomic E-state index is 13.5. The van der Waals surface area contributed by atoms with Gasteiger partial charge in [0.05, 0.1) is 38.0 Å². The quantitative estimate of drug-likeness (QED) is 0.527. The van der Waals surface area contributed by atoms with Crippen LogP contribution in [0.5, 0.6) is 11.5 Å². The number of aryl methyl sites for hydroxylation is 2. The van der Waals surface area contributed by atoms with Crippen molar-refractivity contribution in [3.8, 4) is 17.2 Å². The Hall–Kier alpha value is -3.54. The number of aromatic nitrogens is 2. The van der Waals surface area contributed by atoms with Gasteiger partial charge in [-0.25, -0.2) is 4.98 Å². The number of amides is 1. The summed E-state index contributed by atoms with van der Waals surface area (Å²) in [5.41, 5.74) is 6.24. The molecule has 2 aliphatic rings. The van der Waals surface area contributed by atoms with Crippen LogP contribution in [0.3, 0.4) is 0 Å². The van der Waals surface area contributed by atoms with Crippen LogP contribution in [-0.2, 0) is 11.2 Å². The van der Waals surface area contributed by atoms with E-state index in [1.54, 1.807) is 20.5 Å². The van der Waals surface area contributed by atoms with Crippen molar-refractivity contribution in [1.82, 2.24) is 14.5 Å². The number of hydrogen-bond acceptors (Lipinski definition) is 4. The smallest absolute Gasteiger partial charge is 0.250 e. The number of carbonyl (C=O) groups excluding carboxylic acids is 1. The standard InChI is InChI=1S/C27H29N3O3/c1-18-16-29(17-28-18)25-10-6-19(14-26(25)33-3)13-21-5-4-12-30(27(21)31)24-11-7-20-15-22(32-2)8-9-23(20)24/h6,8-10,13-17,24H,4-5,7,11-12H2,1-3H3/b21-13+/t24-/m1/s1. The molecular formula is C27H29N3O3. The van der Waals surface area contributed by atoms with Crippen LogP contribution in [0.15, 0.2) is 54.5 Å². The van der Waals surface area contributed by atoms with Gasteiger partial charge in [0.2, 0.25) is 5.91 Å². The number of rotatable bonds is 5. The van der Waals surface area contributed by atoms with E-state index >= 15 is 0 Å². The number of likely N-dealkylation sites (tertiary alicyclic amines) is 1. The Labute approximate surface area is 194 Å². The average molecular weight is 444 g/mol. The molecule has 0 saturated carbocycles. The fraction of sp³-hybridized carbons (Fsp3) is 0.333. The lowest BCUT2D eigenvalue weighted by molar-refractivity contribution is -0.131. The minimum Gasteiger partial charge on any atom is -0.497 e. The molecule has 1 aromatic heterocycles. The van der Waals surface area contributed by atoms with Crippen molar-refractivity contribution < 1.29 is 14.3 Å². The molecule has 5 rings (SSSR count). The van der Waals surface area contributed by atoms with Gasteiger partial charge in [-0.1, -0.05) is 12.1 Å². The topological polar surface area (TPSA) is 56.6 Å². The van der Waals surface area contributed by atoms with E-state index in [1.807, 2.05) is 48.0 Å². The van der Waals surface area contributed by atoms with Crippen molar-refractivity contribution in [3.05, 3.63) is 76.9 Å². The number of fused-ring (bicyclic) bond motifs is 1. The van der Waals surface area contributed by atoms with E-state index in [2.05, 4.69) is 22.0 Å². The third-order valence-corrected chi connectivity index (χ3v) is 6.69. The molecule has 1 amide bonds. The summed E-state index contributed by atoms with van der Waals surface area (Å²) in [6.45, 7) is 2.76. The summed E-state index contributed by atoms with van der Waals surface area (Å²) in [6.07, 6.45) is 9.48. The third kappa shape index (κ3) is 4.01. The average Bonchev–Trinajstić information content (AvgIpc) is 3.46. The SMILES string of the molecule is COc1ccc2c(c1)CC[C@H]2N1CCC/C(=C\c2ccc(-n3cnc(C)c3)c(OC)c2)C1=O. The van der Waals surface area contributed by atoms with Gasteiger partial charge in [0.1, 0.15) is 11.5 Å². The second-order valence-corrected chi connectivity index (χ2v) is 8.74. The number of imidazole rings is 1. The first-order chi connectivity index (χ1) is 16.1. The van der Waals surface area contributed by atoms with Crippen LogP contribution < -0.4 is 9.47 Å². The number of hydrogen-bond donors (Lipinski definition) is 0. The number of methoxy groups -OCH3 is 2. The minimum atomic E-state index is 0.142. The van der Waals surface area contributed by atoms with Crippen LogP contribution in [0.2, 0.25) is 0 Å². The molecule has 1 saturated heterocycles. The van der Waals surface area contributed by atoms with Gasteiger partial charge in [-0.2, -0.15) is 0 Å². The first kappa shape index (κ1) is 21.3. The van der Waals surface area contributed by atoms with Crippen molar-refractivity contribution in [3.63, 3.8) is 0 Å². The molecule has 1 atom stereocenters. The van der Waals surface area contributed by atoms with E-state index in [4.69, 9.17) is 9.47 Å². The Balaban J connectivity index is 1.41. The molecule has 6 heteroatoms. The van der Waals surface area contributed by atoms with E-state index in [0.717, 1.165) is 66.2 Å². The van der Waals surface area contributed by atoms with Gasteiger partial charge in [-0.3, -0.25) is 4.79 Å². The van der Waals surface area contributed by atoms with Gasteiger partial charge < -0.3 is 18.9 Å². The van der Waals surface area contributed by atoms with Crippen molar-refractivity contribution >= 4 is 12.0 Å². The lowest BCUT2D eigenvalue weighted by Gasteiger charge is -2.34. The number of benzene rings is 2. The molecule has 0 radical (unpaired) electrons. The molecular weight excluding hydrogens is 414 g/mol. The molecule has 0 spiro atoms. The highest BCUT2D eigenvalue weighted by Gasteiger charge is 2.34. The number of piperidine rings is 1. The van der Waals surface area contributed by atoms with Crippen LogP contribution in [-0.4, -0.2) is 41.1 Å². The maximum Gasteiger partial charge on any atom is 0.250 e. The van der Waals surface area contributed by atoms with Crippen molar-refractivity contribution in [2.75, 3.05) is 20.8 Å². The second kappa shape index (κ2) is 8.77. The van der Waals surface area contributed by atoms with Crippen molar-refractivity contribution in [2.24, 2.45) is 0 Å². The van der Waals surface area contributed by atoms with Gasteiger partial charge in [0.25, 0.3) is 0 Å². The zero-order chi connectivity index (χ0) is 22.9. The Kier molecular flexibility index (Phi) is 5.67. The zero-order valence-corrected chi connectivity index (χ0v) is 19.4. The van der Waals surface area contributed by atoms with Gasteiger partial charge >= 0.3 is 0 Å². The number of carbonyl (C=O) groups is 1. The molecule has 0 unspecified atom stereocenters. The normalized spacial score (nSPS) is 19.1. The summed E-state index contributed by atoms with van der Waals surface area (Å²) in [5.74, 6) is 1.77. The van der Waals surface area contributed by atoms with Gasteiger partial charge in [0, 0.05) is 18.3 Å². The monoisotopic (exact) mass is 443 g/mol. The lowest BCUT2D eigenvalue weighted by Crippen LogP contribution is -2.39. The third-order valence-electron chi connectivity index (χ3n) is 6.69. The van der Waals surface area contributed by atoms with Crippen LogP contribution in [0.25, 0.3) is 11.8 Å². The fourth-order valence-electron chi connectivity index (χ4n) is 5.04. The van der Waals surface area contributed by atoms with E-state index in [1.165, 1.54) is 11.1 Å². The summed E-state index contributed by atoms with van der Waals surface area (Å²) in [7, 11) is 3.36. The molecule has 3 aromatic rings. The van der Waals surface area contributed by atoms with Gasteiger partial charge in [-0.05, 0) is 79.6 Å². The molecule has 1 aliphatic heterocycles. The van der Waals surface area contributed by atoms with Crippen LogP contribution >= 0.6 is 0 Å². The molecule has 2 aromatic carbocycles. The molecule has 170 valence electrons. The molecule has 33 heavy (non-hydrogen) atoms. The summed E-state index contributed by atoms with van der Waals surface area (Å²) >= 11 is 0. The second-order valence-electron chi connectivity index (χ2n) is 8.74. The Morgan fingerprint density at radius 1 is 1.09 bits per heavy atom. The zero-order valence-electron chi connectivity index (χ0n) is 19.4. The predicted octanol–water partition coefficient (Wildman–Crippen LogP) is 4.89. The molecule has 2 heterocycles. The predicted molar refractivity (Wildman–Crippen MR) is 128 cm³/mol. The summed E-state index contributed by atoms with van der Waals surface area (Å²) in [6, 6.07) is 12.4. The Morgan fingerprint density at radius 3 is 2.73 bits per heavy atom. The lowest BCUT2D eigenvalue weighted by atomic mass is 9.97. The highest BCUT2D eigenvalue weighted by atomic mass is 16.5. The van der Waals surface area contributed by atoms with Crippen molar-refractivity contribution in [1.29, 1.82) is 0 Å². The molecule has 0 bridgehead atoms. The van der Waals surface area contributed by atoms with Crippen molar-refractivity contribution in [2.45, 2.75) is 38.6 Å². The Morgan fingerprint density at radius 2 is 1.97 bits per heavy atom. The van der Waals surface area contributed by atoms with Gasteiger partial charge in [-0.15, -0.1) is 0 Å². The minimum absolute atomic E-state index is 0.142. The molecule has 0 N–H and O–H groups in total.